The van der Waals surface area contributed by atoms with Crippen LogP contribution in [0.2, 0.25) is 0 Å². The third-order valence-corrected chi connectivity index (χ3v) is 2.10. The van der Waals surface area contributed by atoms with Crippen LogP contribution in [0.15, 0.2) is 47.8 Å². The summed E-state index contributed by atoms with van der Waals surface area (Å²) in [6.07, 6.45) is 5.17. The highest BCUT2D eigenvalue weighted by Crippen LogP contribution is 2.06. The first-order valence-electron chi connectivity index (χ1n) is 4.94. The van der Waals surface area contributed by atoms with E-state index in [1.807, 2.05) is 36.5 Å². The summed E-state index contributed by atoms with van der Waals surface area (Å²) in [7, 11) is 0. The number of nitrogens with zero attached hydrogens (tertiary/aromatic N) is 3. The van der Waals surface area contributed by atoms with Crippen LogP contribution < -0.4 is 11.2 Å². The van der Waals surface area contributed by atoms with Crippen LogP contribution in [0.4, 0.5) is 0 Å². The lowest BCUT2D eigenvalue weighted by Crippen LogP contribution is -2.23. The highest BCUT2D eigenvalue weighted by atomic mass is 32.1. The zero-order chi connectivity index (χ0) is 12.1. The lowest BCUT2D eigenvalue weighted by Gasteiger charge is -1.98. The van der Waals surface area contributed by atoms with Gasteiger partial charge < -0.3 is 5.73 Å². The number of rotatable bonds is 3. The van der Waals surface area contributed by atoms with Gasteiger partial charge in [-0.25, -0.2) is 4.68 Å². The van der Waals surface area contributed by atoms with Gasteiger partial charge in [-0.05, 0) is 24.4 Å². The molecule has 0 saturated carbocycles. The Morgan fingerprint density at radius 2 is 2.18 bits per heavy atom. The van der Waals surface area contributed by atoms with E-state index in [-0.39, 0.29) is 5.11 Å². The van der Waals surface area contributed by atoms with Crippen molar-refractivity contribution in [3.05, 3.63) is 48.3 Å². The molecule has 6 heteroatoms. The zero-order valence-corrected chi connectivity index (χ0v) is 9.76. The summed E-state index contributed by atoms with van der Waals surface area (Å²) in [5, 5.41) is 8.21. The summed E-state index contributed by atoms with van der Waals surface area (Å²) in [6, 6.07) is 9.82. The topological polar surface area (TPSA) is 68.2 Å². The lowest BCUT2D eigenvalue weighted by molar-refractivity contribution is 0.880. The summed E-state index contributed by atoms with van der Waals surface area (Å²) in [5.41, 5.74) is 9.58. The van der Waals surface area contributed by atoms with Crippen LogP contribution in [-0.4, -0.2) is 21.1 Å². The van der Waals surface area contributed by atoms with Crippen LogP contribution in [0.1, 0.15) is 5.56 Å². The summed E-state index contributed by atoms with van der Waals surface area (Å²) >= 11 is 4.62. The number of benzene rings is 1. The van der Waals surface area contributed by atoms with Crippen molar-refractivity contribution in [2.75, 3.05) is 0 Å². The van der Waals surface area contributed by atoms with E-state index in [1.54, 1.807) is 17.1 Å². The second-order valence-electron chi connectivity index (χ2n) is 3.29. The Morgan fingerprint density at radius 3 is 2.88 bits per heavy atom. The average molecular weight is 245 g/mol. The minimum Gasteiger partial charge on any atom is -0.375 e. The molecular weight excluding hydrogens is 234 g/mol. The van der Waals surface area contributed by atoms with Gasteiger partial charge >= 0.3 is 0 Å². The monoisotopic (exact) mass is 245 g/mol. The van der Waals surface area contributed by atoms with E-state index in [4.69, 9.17) is 5.73 Å². The van der Waals surface area contributed by atoms with E-state index in [0.717, 1.165) is 11.3 Å². The van der Waals surface area contributed by atoms with E-state index >= 15 is 0 Å². The van der Waals surface area contributed by atoms with Gasteiger partial charge in [-0.3, -0.25) is 5.43 Å². The largest absolute Gasteiger partial charge is 0.375 e. The molecule has 1 aromatic carbocycles. The van der Waals surface area contributed by atoms with Gasteiger partial charge in [-0.2, -0.15) is 10.2 Å². The van der Waals surface area contributed by atoms with Crippen LogP contribution in [0, 0.1) is 0 Å². The molecule has 0 spiro atoms. The molecule has 17 heavy (non-hydrogen) atoms. The predicted octanol–water partition coefficient (Wildman–Crippen LogP) is 1.04. The summed E-state index contributed by atoms with van der Waals surface area (Å²) < 4.78 is 1.77. The molecule has 0 aliphatic carbocycles. The van der Waals surface area contributed by atoms with Gasteiger partial charge in [-0.1, -0.05) is 18.2 Å². The zero-order valence-electron chi connectivity index (χ0n) is 8.95. The van der Waals surface area contributed by atoms with Crippen molar-refractivity contribution >= 4 is 23.5 Å². The van der Waals surface area contributed by atoms with Crippen LogP contribution in [0.5, 0.6) is 0 Å². The van der Waals surface area contributed by atoms with Gasteiger partial charge in [0.2, 0.25) is 0 Å². The Kier molecular flexibility index (Phi) is 3.46. The summed E-state index contributed by atoms with van der Waals surface area (Å²) in [4.78, 5) is 0. The fourth-order valence-electron chi connectivity index (χ4n) is 1.30. The average Bonchev–Trinajstić information content (AvgIpc) is 2.78. The number of hydrogen-bond acceptors (Lipinski definition) is 3. The second-order valence-corrected chi connectivity index (χ2v) is 3.73. The Hall–Kier alpha value is -2.21. The van der Waals surface area contributed by atoms with Gasteiger partial charge in [0.15, 0.2) is 5.11 Å². The third kappa shape index (κ3) is 3.12. The molecule has 0 atom stereocenters. The molecule has 1 heterocycles. The fraction of sp³-hybridized carbons (Fsp3) is 0. The van der Waals surface area contributed by atoms with E-state index in [1.165, 1.54) is 0 Å². The van der Waals surface area contributed by atoms with Crippen molar-refractivity contribution in [2.45, 2.75) is 0 Å². The molecule has 0 bridgehead atoms. The minimum atomic E-state index is 0.136. The maximum Gasteiger partial charge on any atom is 0.184 e. The first-order valence-corrected chi connectivity index (χ1v) is 5.35. The molecule has 2 rings (SSSR count). The Morgan fingerprint density at radius 1 is 1.41 bits per heavy atom. The number of thiocarbonyl (C=S) groups is 1. The quantitative estimate of drug-likeness (QED) is 0.481. The predicted molar refractivity (Wildman–Crippen MR) is 71.1 cm³/mol. The maximum atomic E-state index is 5.24. The van der Waals surface area contributed by atoms with Crippen molar-refractivity contribution in [1.29, 1.82) is 0 Å². The molecule has 0 amide bonds. The minimum absolute atomic E-state index is 0.136. The van der Waals surface area contributed by atoms with Crippen molar-refractivity contribution < 1.29 is 0 Å². The molecular formula is C11H11N5S. The van der Waals surface area contributed by atoms with E-state index in [2.05, 4.69) is 27.8 Å². The van der Waals surface area contributed by atoms with Gasteiger partial charge in [0.25, 0.3) is 0 Å². The number of para-hydroxylation sites is 1. The molecule has 0 fully saturated rings. The molecule has 3 N–H and O–H groups in total. The number of hydrazone groups is 1. The lowest BCUT2D eigenvalue weighted by atomic mass is 10.3. The molecule has 86 valence electrons. The van der Waals surface area contributed by atoms with Gasteiger partial charge in [0.1, 0.15) is 0 Å². The van der Waals surface area contributed by atoms with Crippen LogP contribution in [0.3, 0.4) is 0 Å². The van der Waals surface area contributed by atoms with E-state index < -0.39 is 0 Å². The summed E-state index contributed by atoms with van der Waals surface area (Å²) in [6.45, 7) is 0. The molecule has 0 saturated heterocycles. The fourth-order valence-corrected chi connectivity index (χ4v) is 1.35. The number of aromatic nitrogens is 2. The maximum absolute atomic E-state index is 5.24. The second kappa shape index (κ2) is 5.22. The molecule has 1 aromatic heterocycles. The van der Waals surface area contributed by atoms with Crippen molar-refractivity contribution in [3.8, 4) is 5.69 Å². The molecule has 0 aliphatic rings. The van der Waals surface area contributed by atoms with E-state index in [9.17, 15) is 0 Å². The first kappa shape index (κ1) is 11.3. The van der Waals surface area contributed by atoms with Gasteiger partial charge in [-0.15, -0.1) is 0 Å². The van der Waals surface area contributed by atoms with Crippen LogP contribution in [-0.2, 0) is 0 Å². The SMILES string of the molecule is NC(=S)NN=Cc1cnn(-c2ccccc2)c1. The van der Waals surface area contributed by atoms with Gasteiger partial charge in [0.05, 0.1) is 18.1 Å². The molecule has 0 unspecified atom stereocenters. The Bertz CT molecular complexity index is 532. The smallest absolute Gasteiger partial charge is 0.184 e. The number of hydrogen-bond donors (Lipinski definition) is 2. The van der Waals surface area contributed by atoms with Crippen molar-refractivity contribution in [1.82, 2.24) is 15.2 Å². The number of nitrogens with two attached hydrogens (primary N) is 1. The molecule has 0 radical (unpaired) electrons. The van der Waals surface area contributed by atoms with Crippen molar-refractivity contribution in [2.24, 2.45) is 10.8 Å². The van der Waals surface area contributed by atoms with Crippen LogP contribution >= 0.6 is 12.2 Å². The normalized spacial score (nSPS) is 10.6. The van der Waals surface area contributed by atoms with Crippen molar-refractivity contribution in [3.63, 3.8) is 0 Å². The van der Waals surface area contributed by atoms with Gasteiger partial charge in [0, 0.05) is 11.8 Å². The summed E-state index contributed by atoms with van der Waals surface area (Å²) in [5.74, 6) is 0. The molecule has 5 nitrogen and oxygen atoms in total. The molecule has 2 aromatic rings. The highest BCUT2D eigenvalue weighted by molar-refractivity contribution is 7.80. The molecule has 0 aliphatic heterocycles. The van der Waals surface area contributed by atoms with E-state index in [0.29, 0.717) is 0 Å². The Labute approximate surface area is 104 Å². The highest BCUT2D eigenvalue weighted by Gasteiger charge is 1.97. The third-order valence-electron chi connectivity index (χ3n) is 2.01. The number of nitrogens with one attached hydrogen (secondary N) is 1. The standard InChI is InChI=1S/C11H11N5S/c12-11(17)15-13-6-9-7-14-16(8-9)10-4-2-1-3-5-10/h1-8H,(H3,12,15,17). The van der Waals surface area contributed by atoms with Crippen LogP contribution in [0.25, 0.3) is 5.69 Å². The Balaban J connectivity index is 2.11. The first-order chi connectivity index (χ1) is 8.25.